The second kappa shape index (κ2) is 9.26. The third-order valence-electron chi connectivity index (χ3n) is 6.15. The van der Waals surface area contributed by atoms with Crippen LogP contribution in [0.1, 0.15) is 67.5 Å². The molecule has 0 unspecified atom stereocenters. The number of aromatic nitrogens is 2. The largest absolute Gasteiger partial charge is 0.468 e. The van der Waals surface area contributed by atoms with Crippen molar-refractivity contribution in [3.63, 3.8) is 0 Å². The van der Waals surface area contributed by atoms with Crippen molar-refractivity contribution in [2.45, 2.75) is 64.0 Å². The van der Waals surface area contributed by atoms with Gasteiger partial charge in [0.05, 0.1) is 12.8 Å². The second-order valence-electron chi connectivity index (χ2n) is 8.03. The van der Waals surface area contributed by atoms with Gasteiger partial charge in [0.25, 0.3) is 5.91 Å². The second-order valence-corrected chi connectivity index (χ2v) is 8.90. The summed E-state index contributed by atoms with van der Waals surface area (Å²) >= 11 is 1.54. The number of hydrogen-bond acceptors (Lipinski definition) is 6. The summed E-state index contributed by atoms with van der Waals surface area (Å²) in [5.41, 5.74) is 1.44. The van der Waals surface area contributed by atoms with Crippen molar-refractivity contribution in [1.29, 1.82) is 0 Å². The molecule has 0 bridgehead atoms. The molecule has 2 aliphatic rings. The molecule has 0 saturated carbocycles. The Morgan fingerprint density at radius 3 is 2.59 bits per heavy atom. The molecule has 0 aliphatic carbocycles. The smallest absolute Gasteiger partial charge is 0.323 e. The number of esters is 1. The Kier molecular flexibility index (Phi) is 6.50. The summed E-state index contributed by atoms with van der Waals surface area (Å²) in [6, 6.07) is -0.248. The van der Waals surface area contributed by atoms with Gasteiger partial charge in [0.2, 0.25) is 0 Å². The molecule has 4 rings (SSSR count). The predicted molar refractivity (Wildman–Crippen MR) is 112 cm³/mol. The monoisotopic (exact) mass is 418 g/mol. The average molecular weight is 419 g/mol. The highest BCUT2D eigenvalue weighted by Gasteiger charge is 2.32. The van der Waals surface area contributed by atoms with E-state index in [4.69, 9.17) is 9.72 Å². The number of ether oxygens (including phenoxy) is 1. The van der Waals surface area contributed by atoms with Crippen LogP contribution in [0.5, 0.6) is 0 Å². The Hall–Kier alpha value is -1.93. The number of methoxy groups -OCH3 is 1. The van der Waals surface area contributed by atoms with Gasteiger partial charge in [0.15, 0.2) is 10.7 Å². The first-order valence-corrected chi connectivity index (χ1v) is 11.6. The highest BCUT2D eigenvalue weighted by molar-refractivity contribution is 7.15. The molecular formula is C21H30N4O3S. The fraction of sp³-hybridized carbons (Fsp3) is 0.667. The SMILES string of the molecule is COC(=O)[C@H]1CCCCN1Cc1c(C(=O)N2CCCCCCC2)nc2sccn12. The van der Waals surface area contributed by atoms with Crippen LogP contribution in [0.15, 0.2) is 11.6 Å². The summed E-state index contributed by atoms with van der Waals surface area (Å²) in [6.45, 7) is 2.97. The lowest BCUT2D eigenvalue weighted by Gasteiger charge is -2.33. The maximum Gasteiger partial charge on any atom is 0.323 e. The summed E-state index contributed by atoms with van der Waals surface area (Å²) in [5, 5.41) is 1.99. The quantitative estimate of drug-likeness (QED) is 0.713. The van der Waals surface area contributed by atoms with E-state index in [0.717, 1.165) is 62.4 Å². The van der Waals surface area contributed by atoms with E-state index in [1.54, 1.807) is 0 Å². The molecule has 2 aliphatic heterocycles. The van der Waals surface area contributed by atoms with Gasteiger partial charge >= 0.3 is 5.97 Å². The van der Waals surface area contributed by atoms with Gasteiger partial charge in [-0.2, -0.15) is 0 Å². The number of fused-ring (bicyclic) bond motifs is 1. The zero-order valence-corrected chi connectivity index (χ0v) is 18.0. The van der Waals surface area contributed by atoms with Gasteiger partial charge in [-0.1, -0.05) is 25.7 Å². The summed E-state index contributed by atoms with van der Waals surface area (Å²) < 4.78 is 7.05. The zero-order chi connectivity index (χ0) is 20.2. The standard InChI is InChI=1S/C21H30N4O3S/c1-28-20(27)16-9-5-8-12-24(16)15-17-18(22-21-25(17)13-14-29-21)19(26)23-10-6-3-2-4-7-11-23/h13-14,16H,2-12,15H2,1H3/t16-/m1/s1. The fourth-order valence-corrected chi connectivity index (χ4v) is 5.26. The first-order chi connectivity index (χ1) is 14.2. The molecule has 158 valence electrons. The number of rotatable bonds is 4. The highest BCUT2D eigenvalue weighted by atomic mass is 32.1. The Morgan fingerprint density at radius 2 is 1.83 bits per heavy atom. The van der Waals surface area contributed by atoms with Gasteiger partial charge in [-0.25, -0.2) is 4.98 Å². The minimum atomic E-state index is -0.248. The minimum absolute atomic E-state index is 0.0319. The summed E-state index contributed by atoms with van der Waals surface area (Å²) in [4.78, 5) is 35.4. The summed E-state index contributed by atoms with van der Waals surface area (Å²) in [5.74, 6) is -0.156. The third-order valence-corrected chi connectivity index (χ3v) is 6.90. The molecule has 7 nitrogen and oxygen atoms in total. The van der Waals surface area contributed by atoms with E-state index in [1.165, 1.54) is 37.7 Å². The van der Waals surface area contributed by atoms with Gasteiger partial charge in [-0.15, -0.1) is 11.3 Å². The van der Waals surface area contributed by atoms with Gasteiger partial charge in [0.1, 0.15) is 6.04 Å². The van der Waals surface area contributed by atoms with Crippen LogP contribution < -0.4 is 0 Å². The predicted octanol–water partition coefficient (Wildman–Crippen LogP) is 3.33. The number of nitrogens with zero attached hydrogens (tertiary/aromatic N) is 4. The molecule has 0 spiro atoms. The van der Waals surface area contributed by atoms with Crippen LogP contribution in [-0.2, 0) is 16.1 Å². The Bertz CT molecular complexity index is 853. The van der Waals surface area contributed by atoms with Crippen molar-refractivity contribution in [3.8, 4) is 0 Å². The number of piperidine rings is 1. The Labute approximate surface area is 175 Å². The van der Waals surface area contributed by atoms with Crippen molar-refractivity contribution in [2.75, 3.05) is 26.7 Å². The molecule has 0 aromatic carbocycles. The topological polar surface area (TPSA) is 67.2 Å². The molecule has 2 aromatic heterocycles. The van der Waals surface area contributed by atoms with Gasteiger partial charge in [-0.3, -0.25) is 18.9 Å². The van der Waals surface area contributed by atoms with E-state index >= 15 is 0 Å². The maximum absolute atomic E-state index is 13.4. The van der Waals surface area contributed by atoms with Crippen molar-refractivity contribution in [2.24, 2.45) is 0 Å². The van der Waals surface area contributed by atoms with Gasteiger partial charge in [0, 0.05) is 31.2 Å². The van der Waals surface area contributed by atoms with E-state index in [1.807, 2.05) is 20.9 Å². The van der Waals surface area contributed by atoms with E-state index in [9.17, 15) is 9.59 Å². The van der Waals surface area contributed by atoms with Crippen LogP contribution in [0.3, 0.4) is 0 Å². The highest BCUT2D eigenvalue weighted by Crippen LogP contribution is 2.25. The molecule has 2 fully saturated rings. The maximum atomic E-state index is 13.4. The number of imidazole rings is 1. The van der Waals surface area contributed by atoms with Crippen LogP contribution in [0.4, 0.5) is 0 Å². The number of thiazole rings is 1. The first kappa shape index (κ1) is 20.3. The van der Waals surface area contributed by atoms with E-state index in [2.05, 4.69) is 4.90 Å². The van der Waals surface area contributed by atoms with E-state index < -0.39 is 0 Å². The fourth-order valence-electron chi connectivity index (χ4n) is 4.53. The lowest BCUT2D eigenvalue weighted by atomic mass is 10.0. The number of carbonyl (C=O) groups excluding carboxylic acids is 2. The number of carbonyl (C=O) groups is 2. The van der Waals surface area contributed by atoms with Crippen molar-refractivity contribution >= 4 is 28.2 Å². The molecule has 2 aromatic rings. The third kappa shape index (κ3) is 4.33. The molecule has 0 N–H and O–H groups in total. The Balaban J connectivity index is 1.62. The number of amides is 1. The van der Waals surface area contributed by atoms with Crippen LogP contribution in [0.2, 0.25) is 0 Å². The molecular weight excluding hydrogens is 388 g/mol. The van der Waals surface area contributed by atoms with Gasteiger partial charge < -0.3 is 9.64 Å². The molecule has 1 amide bonds. The van der Waals surface area contributed by atoms with Crippen LogP contribution in [-0.4, -0.2) is 63.8 Å². The molecule has 8 heteroatoms. The molecule has 2 saturated heterocycles. The normalized spacial score (nSPS) is 21.7. The number of hydrogen-bond donors (Lipinski definition) is 0. The van der Waals surface area contributed by atoms with Gasteiger partial charge in [-0.05, 0) is 32.2 Å². The number of likely N-dealkylation sites (tertiary alicyclic amines) is 2. The van der Waals surface area contributed by atoms with Crippen molar-refractivity contribution in [1.82, 2.24) is 19.2 Å². The van der Waals surface area contributed by atoms with Crippen molar-refractivity contribution in [3.05, 3.63) is 23.0 Å². The van der Waals surface area contributed by atoms with Crippen LogP contribution in [0.25, 0.3) is 4.96 Å². The van der Waals surface area contributed by atoms with Crippen LogP contribution in [0, 0.1) is 0 Å². The minimum Gasteiger partial charge on any atom is -0.468 e. The lowest BCUT2D eigenvalue weighted by molar-refractivity contribution is -0.148. The lowest BCUT2D eigenvalue weighted by Crippen LogP contribution is -2.45. The summed E-state index contributed by atoms with van der Waals surface area (Å²) in [7, 11) is 1.45. The molecule has 4 heterocycles. The average Bonchev–Trinajstić information content (AvgIpc) is 3.30. The van der Waals surface area contributed by atoms with Crippen LogP contribution >= 0.6 is 11.3 Å². The zero-order valence-electron chi connectivity index (χ0n) is 17.1. The molecule has 29 heavy (non-hydrogen) atoms. The molecule has 1 atom stereocenters. The van der Waals surface area contributed by atoms with Crippen molar-refractivity contribution < 1.29 is 14.3 Å². The Morgan fingerprint density at radius 1 is 1.10 bits per heavy atom. The summed E-state index contributed by atoms with van der Waals surface area (Å²) in [6.07, 6.45) is 10.6. The van der Waals surface area contributed by atoms with E-state index in [0.29, 0.717) is 12.2 Å². The van der Waals surface area contributed by atoms with E-state index in [-0.39, 0.29) is 17.9 Å². The molecule has 0 radical (unpaired) electrons. The first-order valence-electron chi connectivity index (χ1n) is 10.7.